The van der Waals surface area contributed by atoms with Gasteiger partial charge in [0.25, 0.3) is 0 Å². The van der Waals surface area contributed by atoms with Crippen molar-refractivity contribution in [1.29, 1.82) is 0 Å². The highest BCUT2D eigenvalue weighted by molar-refractivity contribution is 5.42. The fourth-order valence-corrected chi connectivity index (χ4v) is 2.84. The molecule has 3 aliphatic rings. The minimum absolute atomic E-state index is 0.226. The number of rotatable bonds is 0. The summed E-state index contributed by atoms with van der Waals surface area (Å²) in [5, 5.41) is 0. The number of allylic oxidation sites excluding steroid dienone is 2. The summed E-state index contributed by atoms with van der Waals surface area (Å²) in [5.41, 5.74) is 3.06. The molecule has 0 N–H and O–H groups in total. The molecule has 3 atom stereocenters. The quantitative estimate of drug-likeness (QED) is 0.513. The molecule has 0 saturated carbocycles. The van der Waals surface area contributed by atoms with Gasteiger partial charge in [-0.25, -0.2) is 0 Å². The van der Waals surface area contributed by atoms with Crippen LogP contribution in [0.1, 0.15) is 20.3 Å². The molecule has 1 saturated heterocycles. The molecule has 0 aromatic rings. The minimum atomic E-state index is 0.226. The van der Waals surface area contributed by atoms with Gasteiger partial charge in [0.2, 0.25) is 0 Å². The van der Waals surface area contributed by atoms with Crippen molar-refractivity contribution in [2.45, 2.75) is 32.5 Å². The molecule has 1 fully saturated rings. The number of ether oxygens (including phenoxy) is 1. The Labute approximate surface area is 78.8 Å². The Kier molecular flexibility index (Phi) is 1.26. The maximum absolute atomic E-state index is 5.94. The molecule has 1 nitrogen and oxygen atoms in total. The van der Waals surface area contributed by atoms with E-state index < -0.39 is 0 Å². The zero-order valence-electron chi connectivity index (χ0n) is 8.08. The normalized spacial score (nSPS) is 46.0. The SMILES string of the molecule is CC1=CC=C(C)C23C=CC(C2)OC13. The molecule has 3 rings (SSSR count). The van der Waals surface area contributed by atoms with Gasteiger partial charge in [-0.3, -0.25) is 0 Å². The maximum atomic E-state index is 5.94. The molecule has 0 aromatic heterocycles. The first-order chi connectivity index (χ1) is 6.22. The predicted octanol–water partition coefficient (Wildman–Crippen LogP) is 2.61. The van der Waals surface area contributed by atoms with Crippen LogP contribution in [-0.4, -0.2) is 12.2 Å². The van der Waals surface area contributed by atoms with Crippen molar-refractivity contribution in [3.63, 3.8) is 0 Å². The third kappa shape index (κ3) is 0.761. The molecule has 2 aliphatic carbocycles. The van der Waals surface area contributed by atoms with E-state index in [0.717, 1.165) is 6.42 Å². The molecule has 0 amide bonds. The Morgan fingerprint density at radius 3 is 2.92 bits per heavy atom. The second kappa shape index (κ2) is 2.16. The lowest BCUT2D eigenvalue weighted by Gasteiger charge is -2.35. The van der Waals surface area contributed by atoms with E-state index in [2.05, 4.69) is 38.2 Å². The topological polar surface area (TPSA) is 9.23 Å². The molecular formula is C12H14O. The summed E-state index contributed by atoms with van der Waals surface area (Å²) in [4.78, 5) is 0. The second-order valence-electron chi connectivity index (χ2n) is 4.42. The van der Waals surface area contributed by atoms with Crippen molar-refractivity contribution in [2.75, 3.05) is 0 Å². The Morgan fingerprint density at radius 2 is 2.23 bits per heavy atom. The van der Waals surface area contributed by atoms with Crippen molar-refractivity contribution in [3.05, 3.63) is 35.5 Å². The first-order valence-electron chi connectivity index (χ1n) is 4.93. The lowest BCUT2D eigenvalue weighted by Crippen LogP contribution is -2.33. The monoisotopic (exact) mass is 174 g/mol. The smallest absolute Gasteiger partial charge is 0.0922 e. The van der Waals surface area contributed by atoms with Crippen LogP contribution >= 0.6 is 0 Å². The van der Waals surface area contributed by atoms with Crippen molar-refractivity contribution < 1.29 is 4.74 Å². The van der Waals surface area contributed by atoms with E-state index in [1.807, 2.05) is 0 Å². The summed E-state index contributed by atoms with van der Waals surface area (Å²) in [6.07, 6.45) is 10.9. The number of hydrogen-bond donors (Lipinski definition) is 0. The van der Waals surface area contributed by atoms with E-state index in [1.54, 1.807) is 0 Å². The largest absolute Gasteiger partial charge is 0.365 e. The number of hydrogen-bond acceptors (Lipinski definition) is 1. The van der Waals surface area contributed by atoms with E-state index in [1.165, 1.54) is 11.1 Å². The van der Waals surface area contributed by atoms with Crippen LogP contribution in [-0.2, 0) is 4.74 Å². The number of fused-ring (bicyclic) bond motifs is 1. The Bertz CT molecular complexity index is 348. The first kappa shape index (κ1) is 7.57. The van der Waals surface area contributed by atoms with Gasteiger partial charge in [0.05, 0.1) is 12.2 Å². The molecule has 13 heavy (non-hydrogen) atoms. The lowest BCUT2D eigenvalue weighted by atomic mass is 9.71. The second-order valence-corrected chi connectivity index (χ2v) is 4.42. The van der Waals surface area contributed by atoms with Crippen molar-refractivity contribution in [3.8, 4) is 0 Å². The summed E-state index contributed by atoms with van der Waals surface area (Å²) >= 11 is 0. The summed E-state index contributed by atoms with van der Waals surface area (Å²) in [6.45, 7) is 4.39. The van der Waals surface area contributed by atoms with Crippen molar-refractivity contribution in [2.24, 2.45) is 5.41 Å². The van der Waals surface area contributed by atoms with Crippen LogP contribution in [0.2, 0.25) is 0 Å². The lowest BCUT2D eigenvalue weighted by molar-refractivity contribution is 0.0636. The van der Waals surface area contributed by atoms with Gasteiger partial charge in [-0.2, -0.15) is 0 Å². The average molecular weight is 174 g/mol. The van der Waals surface area contributed by atoms with Crippen LogP contribution in [0.3, 0.4) is 0 Å². The van der Waals surface area contributed by atoms with E-state index in [9.17, 15) is 0 Å². The standard InChI is InChI=1S/C12H14O/c1-8-3-4-9(2)12-6-5-10(7-12)13-11(8)12/h3-6,10-11H,7H2,1-2H3. The molecule has 68 valence electrons. The van der Waals surface area contributed by atoms with E-state index in [-0.39, 0.29) is 5.41 Å². The van der Waals surface area contributed by atoms with Crippen LogP contribution < -0.4 is 0 Å². The molecule has 1 aliphatic heterocycles. The summed E-state index contributed by atoms with van der Waals surface area (Å²) in [7, 11) is 0. The highest BCUT2D eigenvalue weighted by Gasteiger charge is 2.52. The third-order valence-corrected chi connectivity index (χ3v) is 3.67. The van der Waals surface area contributed by atoms with E-state index >= 15 is 0 Å². The van der Waals surface area contributed by atoms with Crippen LogP contribution in [0.4, 0.5) is 0 Å². The van der Waals surface area contributed by atoms with Gasteiger partial charge in [0.1, 0.15) is 0 Å². The third-order valence-electron chi connectivity index (χ3n) is 3.67. The molecule has 0 aromatic carbocycles. The molecule has 3 unspecified atom stereocenters. The van der Waals surface area contributed by atoms with Gasteiger partial charge in [-0.15, -0.1) is 0 Å². The summed E-state index contributed by atoms with van der Waals surface area (Å²) in [6, 6.07) is 0. The fourth-order valence-electron chi connectivity index (χ4n) is 2.84. The predicted molar refractivity (Wildman–Crippen MR) is 52.4 cm³/mol. The van der Waals surface area contributed by atoms with Crippen LogP contribution in [0, 0.1) is 5.41 Å². The van der Waals surface area contributed by atoms with Gasteiger partial charge >= 0.3 is 0 Å². The zero-order chi connectivity index (χ0) is 9.05. The van der Waals surface area contributed by atoms with E-state index in [4.69, 9.17) is 4.74 Å². The Balaban J connectivity index is 2.16. The molecular weight excluding hydrogens is 160 g/mol. The maximum Gasteiger partial charge on any atom is 0.0922 e. The van der Waals surface area contributed by atoms with Crippen LogP contribution in [0.5, 0.6) is 0 Å². The van der Waals surface area contributed by atoms with Gasteiger partial charge in [0, 0.05) is 5.41 Å². The Hall–Kier alpha value is -0.820. The fraction of sp³-hybridized carbons (Fsp3) is 0.500. The van der Waals surface area contributed by atoms with Gasteiger partial charge in [0.15, 0.2) is 0 Å². The zero-order valence-corrected chi connectivity index (χ0v) is 8.08. The molecule has 1 heteroatoms. The molecule has 1 spiro atoms. The molecule has 1 heterocycles. The highest BCUT2D eigenvalue weighted by atomic mass is 16.5. The van der Waals surface area contributed by atoms with Crippen molar-refractivity contribution in [1.82, 2.24) is 0 Å². The van der Waals surface area contributed by atoms with Crippen LogP contribution in [0.15, 0.2) is 35.5 Å². The van der Waals surface area contributed by atoms with E-state index in [0.29, 0.717) is 12.2 Å². The highest BCUT2D eigenvalue weighted by Crippen LogP contribution is 2.54. The minimum Gasteiger partial charge on any atom is -0.365 e. The van der Waals surface area contributed by atoms with Gasteiger partial charge < -0.3 is 4.74 Å². The first-order valence-corrected chi connectivity index (χ1v) is 4.93. The Morgan fingerprint density at radius 1 is 1.38 bits per heavy atom. The van der Waals surface area contributed by atoms with Gasteiger partial charge in [-0.05, 0) is 25.8 Å². The van der Waals surface area contributed by atoms with Crippen molar-refractivity contribution >= 4 is 0 Å². The summed E-state index contributed by atoms with van der Waals surface area (Å²) in [5.74, 6) is 0. The van der Waals surface area contributed by atoms with Crippen LogP contribution in [0.25, 0.3) is 0 Å². The van der Waals surface area contributed by atoms with Gasteiger partial charge in [-0.1, -0.05) is 29.9 Å². The summed E-state index contributed by atoms with van der Waals surface area (Å²) < 4.78 is 5.94. The molecule has 0 radical (unpaired) electrons. The average Bonchev–Trinajstić information content (AvgIpc) is 2.69. The molecule has 2 bridgehead atoms.